The molecular weight excluding hydrogens is 190 g/mol. The highest BCUT2D eigenvalue weighted by atomic mass is 16.2. The lowest BCUT2D eigenvalue weighted by atomic mass is 10.0. The van der Waals surface area contributed by atoms with Gasteiger partial charge >= 0.3 is 0 Å². The van der Waals surface area contributed by atoms with Gasteiger partial charge in [-0.05, 0) is 25.8 Å². The van der Waals surface area contributed by atoms with Crippen LogP contribution >= 0.6 is 0 Å². The summed E-state index contributed by atoms with van der Waals surface area (Å²) in [5, 5.41) is 2.66. The zero-order valence-corrected chi connectivity index (χ0v) is 9.20. The fourth-order valence-electron chi connectivity index (χ4n) is 1.84. The van der Waals surface area contributed by atoms with Crippen molar-refractivity contribution < 1.29 is 4.79 Å². The van der Waals surface area contributed by atoms with E-state index in [0.29, 0.717) is 19.0 Å². The summed E-state index contributed by atoms with van der Waals surface area (Å²) in [7, 11) is 0. The van der Waals surface area contributed by atoms with Crippen LogP contribution in [0.3, 0.4) is 0 Å². The molecule has 0 radical (unpaired) electrons. The fraction of sp³-hybridized carbons (Fsp3) is 0.727. The first-order valence-electron chi connectivity index (χ1n) is 5.31. The molecule has 0 bridgehead atoms. The Morgan fingerprint density at radius 3 is 3.07 bits per heavy atom. The van der Waals surface area contributed by atoms with Gasteiger partial charge in [-0.1, -0.05) is 5.92 Å². The van der Waals surface area contributed by atoms with Crippen LogP contribution in [0.2, 0.25) is 0 Å². The van der Waals surface area contributed by atoms with Crippen molar-refractivity contribution in [2.24, 2.45) is 11.7 Å². The lowest BCUT2D eigenvalue weighted by molar-refractivity contribution is -0.121. The van der Waals surface area contributed by atoms with Crippen molar-refractivity contribution in [2.45, 2.75) is 19.4 Å². The van der Waals surface area contributed by atoms with E-state index < -0.39 is 0 Å². The monoisotopic (exact) mass is 209 g/mol. The molecule has 1 rings (SSSR count). The second kappa shape index (κ2) is 5.74. The Labute approximate surface area is 91.2 Å². The van der Waals surface area contributed by atoms with Crippen molar-refractivity contribution in [1.29, 1.82) is 0 Å². The van der Waals surface area contributed by atoms with E-state index in [9.17, 15) is 4.79 Å². The maximum Gasteiger partial charge on any atom is 0.234 e. The number of nitrogens with one attached hydrogen (secondary N) is 1. The number of hydrogen-bond acceptors (Lipinski definition) is 3. The summed E-state index contributed by atoms with van der Waals surface area (Å²) in [6.07, 6.45) is 6.14. The topological polar surface area (TPSA) is 58.4 Å². The molecule has 0 aromatic carbocycles. The van der Waals surface area contributed by atoms with Crippen molar-refractivity contribution in [3.8, 4) is 12.3 Å². The number of likely N-dealkylation sites (tertiary alicyclic amines) is 1. The number of terminal acetylenes is 1. The summed E-state index contributed by atoms with van der Waals surface area (Å²) in [4.78, 5) is 13.5. The van der Waals surface area contributed by atoms with E-state index in [2.05, 4.69) is 16.1 Å². The molecule has 4 heteroatoms. The molecule has 1 fully saturated rings. The largest absolute Gasteiger partial charge is 0.344 e. The average molecular weight is 209 g/mol. The van der Waals surface area contributed by atoms with E-state index in [-0.39, 0.29) is 11.9 Å². The summed E-state index contributed by atoms with van der Waals surface area (Å²) in [6.45, 7) is 4.64. The Hall–Kier alpha value is -1.05. The molecule has 84 valence electrons. The lowest BCUT2D eigenvalue weighted by Gasteiger charge is -2.16. The van der Waals surface area contributed by atoms with E-state index in [0.717, 1.165) is 19.5 Å². The first-order chi connectivity index (χ1) is 7.13. The summed E-state index contributed by atoms with van der Waals surface area (Å²) in [6, 6.07) is 0.212. The third kappa shape index (κ3) is 3.90. The molecule has 4 nitrogen and oxygen atoms in total. The molecule has 1 amide bonds. The highest BCUT2D eigenvalue weighted by Crippen LogP contribution is 2.17. The predicted octanol–water partition coefficient (Wildman–Crippen LogP) is -0.595. The van der Waals surface area contributed by atoms with Gasteiger partial charge in [-0.25, -0.2) is 0 Å². The highest BCUT2D eigenvalue weighted by molar-refractivity contribution is 5.78. The molecule has 0 aromatic rings. The van der Waals surface area contributed by atoms with Gasteiger partial charge in [-0.15, -0.1) is 6.42 Å². The van der Waals surface area contributed by atoms with E-state index in [1.54, 1.807) is 0 Å². The van der Waals surface area contributed by atoms with Gasteiger partial charge in [0.2, 0.25) is 5.91 Å². The van der Waals surface area contributed by atoms with E-state index in [1.165, 1.54) is 0 Å². The number of nitrogens with zero attached hydrogens (tertiary/aromatic N) is 1. The minimum atomic E-state index is -0.00160. The molecule has 1 aliphatic rings. The first-order valence-corrected chi connectivity index (χ1v) is 5.31. The SMILES string of the molecule is C#CCNC(=O)CN1CCC(C(C)N)C1. The standard InChI is InChI=1S/C11H19N3O/c1-3-5-13-11(15)8-14-6-4-10(7-14)9(2)12/h1,9-10H,4-8,12H2,2H3,(H,13,15). The van der Waals surface area contributed by atoms with Gasteiger partial charge < -0.3 is 11.1 Å². The highest BCUT2D eigenvalue weighted by Gasteiger charge is 2.25. The van der Waals surface area contributed by atoms with Gasteiger partial charge in [0, 0.05) is 12.6 Å². The van der Waals surface area contributed by atoms with E-state index >= 15 is 0 Å². The Morgan fingerprint density at radius 1 is 1.80 bits per heavy atom. The summed E-state index contributed by atoms with van der Waals surface area (Å²) < 4.78 is 0. The molecule has 1 saturated heterocycles. The van der Waals surface area contributed by atoms with Crippen molar-refractivity contribution in [1.82, 2.24) is 10.2 Å². The number of hydrogen-bond donors (Lipinski definition) is 2. The van der Waals surface area contributed by atoms with Crippen LogP contribution in [0.1, 0.15) is 13.3 Å². The van der Waals surface area contributed by atoms with Gasteiger partial charge in [0.15, 0.2) is 0 Å². The summed E-state index contributed by atoms with van der Waals surface area (Å²) in [5.41, 5.74) is 5.82. The second-order valence-corrected chi connectivity index (χ2v) is 4.12. The van der Waals surface area contributed by atoms with Gasteiger partial charge in [0.25, 0.3) is 0 Å². The van der Waals surface area contributed by atoms with Gasteiger partial charge in [-0.2, -0.15) is 0 Å². The number of carbonyl (C=O) groups is 1. The second-order valence-electron chi connectivity index (χ2n) is 4.12. The van der Waals surface area contributed by atoms with Crippen molar-refractivity contribution in [3.63, 3.8) is 0 Å². The third-order valence-corrected chi connectivity index (χ3v) is 2.81. The van der Waals surface area contributed by atoms with Gasteiger partial charge in [0.05, 0.1) is 13.1 Å². The summed E-state index contributed by atoms with van der Waals surface area (Å²) >= 11 is 0. The predicted molar refractivity (Wildman–Crippen MR) is 60.0 cm³/mol. The number of rotatable bonds is 4. The van der Waals surface area contributed by atoms with E-state index in [1.807, 2.05) is 6.92 Å². The van der Waals surface area contributed by atoms with Crippen LogP contribution in [0.25, 0.3) is 0 Å². The zero-order chi connectivity index (χ0) is 11.3. The average Bonchev–Trinajstić information content (AvgIpc) is 2.63. The molecule has 1 aliphatic heterocycles. The summed E-state index contributed by atoms with van der Waals surface area (Å²) in [5.74, 6) is 2.90. The van der Waals surface area contributed by atoms with Crippen molar-refractivity contribution >= 4 is 5.91 Å². The molecule has 15 heavy (non-hydrogen) atoms. The van der Waals surface area contributed by atoms with Crippen LogP contribution in [0.4, 0.5) is 0 Å². The van der Waals surface area contributed by atoms with E-state index in [4.69, 9.17) is 12.2 Å². The lowest BCUT2D eigenvalue weighted by Crippen LogP contribution is -2.37. The number of nitrogens with two attached hydrogens (primary N) is 1. The number of carbonyl (C=O) groups excluding carboxylic acids is 1. The van der Waals surface area contributed by atoms with Crippen LogP contribution in [0.15, 0.2) is 0 Å². The van der Waals surface area contributed by atoms with Crippen LogP contribution in [0.5, 0.6) is 0 Å². The Bertz CT molecular complexity index is 257. The maximum atomic E-state index is 11.4. The molecule has 2 unspecified atom stereocenters. The van der Waals surface area contributed by atoms with Crippen LogP contribution in [-0.2, 0) is 4.79 Å². The quantitative estimate of drug-likeness (QED) is 0.608. The molecule has 0 aliphatic carbocycles. The fourth-order valence-corrected chi connectivity index (χ4v) is 1.84. The van der Waals surface area contributed by atoms with Crippen LogP contribution in [0, 0.1) is 18.3 Å². The Morgan fingerprint density at radius 2 is 2.53 bits per heavy atom. The van der Waals surface area contributed by atoms with Crippen molar-refractivity contribution in [3.05, 3.63) is 0 Å². The first kappa shape index (κ1) is 12.0. The molecule has 1 heterocycles. The molecule has 0 saturated carbocycles. The number of amides is 1. The minimum absolute atomic E-state index is 0.00160. The Kier molecular flexibility index (Phi) is 4.60. The minimum Gasteiger partial charge on any atom is -0.344 e. The molecule has 0 aromatic heterocycles. The molecular formula is C11H19N3O. The molecule has 3 N–H and O–H groups in total. The zero-order valence-electron chi connectivity index (χ0n) is 9.20. The smallest absolute Gasteiger partial charge is 0.234 e. The molecule has 2 atom stereocenters. The third-order valence-electron chi connectivity index (χ3n) is 2.81. The van der Waals surface area contributed by atoms with Gasteiger partial charge in [0.1, 0.15) is 0 Å². The Balaban J connectivity index is 2.24. The van der Waals surface area contributed by atoms with Crippen LogP contribution in [-0.4, -0.2) is 43.0 Å². The van der Waals surface area contributed by atoms with Crippen molar-refractivity contribution in [2.75, 3.05) is 26.2 Å². The van der Waals surface area contributed by atoms with Gasteiger partial charge in [-0.3, -0.25) is 9.69 Å². The van der Waals surface area contributed by atoms with Crippen LogP contribution < -0.4 is 11.1 Å². The molecule has 0 spiro atoms. The maximum absolute atomic E-state index is 11.4. The normalized spacial score (nSPS) is 23.4.